The number of hydrogen-bond acceptors (Lipinski definition) is 3. The van der Waals surface area contributed by atoms with Gasteiger partial charge in [-0.05, 0) is 32.6 Å². The fraction of sp³-hybridized carbons (Fsp3) is 1.00. The number of nitrogens with two attached hydrogens (primary N) is 1. The van der Waals surface area contributed by atoms with Crippen molar-refractivity contribution in [2.75, 3.05) is 19.7 Å². The molecule has 0 spiro atoms. The van der Waals surface area contributed by atoms with Crippen LogP contribution >= 0.6 is 0 Å². The Morgan fingerprint density at radius 2 is 2.18 bits per heavy atom. The zero-order chi connectivity index (χ0) is 12.5. The van der Waals surface area contributed by atoms with Gasteiger partial charge in [0.2, 0.25) is 0 Å². The standard InChI is InChI=1S/C14H28N2O/c1-4-13-6-5-7-14(13,10-15)16-8-12(3)17-9-11(16)2/h11-13H,4-10,15H2,1-3H3. The van der Waals surface area contributed by atoms with Crippen molar-refractivity contribution in [2.24, 2.45) is 11.7 Å². The summed E-state index contributed by atoms with van der Waals surface area (Å²) in [5.41, 5.74) is 6.45. The largest absolute Gasteiger partial charge is 0.376 e. The Kier molecular flexibility index (Phi) is 4.11. The lowest BCUT2D eigenvalue weighted by atomic mass is 9.82. The lowest BCUT2D eigenvalue weighted by molar-refractivity contribution is -0.103. The first-order valence-electron chi connectivity index (χ1n) is 7.22. The molecule has 0 bridgehead atoms. The molecule has 4 atom stereocenters. The Hall–Kier alpha value is -0.120. The summed E-state index contributed by atoms with van der Waals surface area (Å²) in [5.74, 6) is 0.778. The molecule has 2 fully saturated rings. The summed E-state index contributed by atoms with van der Waals surface area (Å²) in [6.07, 6.45) is 5.59. The van der Waals surface area contributed by atoms with E-state index in [0.717, 1.165) is 25.6 Å². The molecule has 1 heterocycles. The number of ether oxygens (including phenoxy) is 1. The van der Waals surface area contributed by atoms with Crippen LogP contribution in [0.3, 0.4) is 0 Å². The van der Waals surface area contributed by atoms with Crippen molar-refractivity contribution in [3.8, 4) is 0 Å². The fourth-order valence-electron chi connectivity index (χ4n) is 4.00. The van der Waals surface area contributed by atoms with Gasteiger partial charge in [0.25, 0.3) is 0 Å². The first kappa shape index (κ1) is 13.3. The molecule has 2 aliphatic rings. The molecular weight excluding hydrogens is 212 g/mol. The number of hydrogen-bond donors (Lipinski definition) is 1. The number of nitrogens with zero attached hydrogens (tertiary/aromatic N) is 1. The highest BCUT2D eigenvalue weighted by atomic mass is 16.5. The van der Waals surface area contributed by atoms with Crippen LogP contribution in [0.15, 0.2) is 0 Å². The molecule has 17 heavy (non-hydrogen) atoms. The van der Waals surface area contributed by atoms with Gasteiger partial charge in [0, 0.05) is 24.7 Å². The van der Waals surface area contributed by atoms with Crippen molar-refractivity contribution in [2.45, 2.75) is 64.1 Å². The van der Waals surface area contributed by atoms with Crippen LogP contribution in [0.4, 0.5) is 0 Å². The summed E-state index contributed by atoms with van der Waals surface area (Å²) in [6, 6.07) is 0.516. The second-order valence-electron chi connectivity index (χ2n) is 5.95. The molecule has 0 aromatic heterocycles. The SMILES string of the molecule is CCC1CCCC1(CN)N1CC(C)OCC1C. The van der Waals surface area contributed by atoms with Crippen LogP contribution in [0, 0.1) is 5.92 Å². The average molecular weight is 240 g/mol. The van der Waals surface area contributed by atoms with Crippen LogP contribution in [0.25, 0.3) is 0 Å². The molecule has 1 aliphatic heterocycles. The average Bonchev–Trinajstić information content (AvgIpc) is 2.76. The van der Waals surface area contributed by atoms with Crippen LogP contribution < -0.4 is 5.73 Å². The predicted octanol–water partition coefficient (Wildman–Crippen LogP) is 2.00. The minimum absolute atomic E-state index is 0.256. The van der Waals surface area contributed by atoms with Gasteiger partial charge in [0.15, 0.2) is 0 Å². The van der Waals surface area contributed by atoms with E-state index in [4.69, 9.17) is 10.5 Å². The second-order valence-corrected chi connectivity index (χ2v) is 5.95. The maximum Gasteiger partial charge on any atom is 0.0675 e. The molecular formula is C14H28N2O. The van der Waals surface area contributed by atoms with Crippen molar-refractivity contribution in [1.29, 1.82) is 0 Å². The molecule has 3 heteroatoms. The summed E-state index contributed by atoms with van der Waals surface area (Å²) < 4.78 is 5.76. The summed E-state index contributed by atoms with van der Waals surface area (Å²) >= 11 is 0. The van der Waals surface area contributed by atoms with Crippen LogP contribution in [-0.4, -0.2) is 42.3 Å². The Bertz CT molecular complexity index is 259. The highest BCUT2D eigenvalue weighted by molar-refractivity contribution is 5.04. The molecule has 0 aromatic rings. The van der Waals surface area contributed by atoms with E-state index >= 15 is 0 Å². The van der Waals surface area contributed by atoms with Crippen LogP contribution in [0.5, 0.6) is 0 Å². The first-order chi connectivity index (χ1) is 8.14. The normalized spacial score (nSPS) is 44.1. The van der Waals surface area contributed by atoms with Crippen molar-refractivity contribution in [3.05, 3.63) is 0 Å². The molecule has 2 rings (SSSR count). The zero-order valence-corrected chi connectivity index (χ0v) is 11.6. The minimum Gasteiger partial charge on any atom is -0.376 e. The molecule has 4 unspecified atom stereocenters. The van der Waals surface area contributed by atoms with Crippen molar-refractivity contribution >= 4 is 0 Å². The highest BCUT2D eigenvalue weighted by Crippen LogP contribution is 2.43. The molecule has 0 radical (unpaired) electrons. The molecule has 0 amide bonds. The van der Waals surface area contributed by atoms with Crippen molar-refractivity contribution in [3.63, 3.8) is 0 Å². The van der Waals surface area contributed by atoms with Crippen LogP contribution in [0.1, 0.15) is 46.5 Å². The van der Waals surface area contributed by atoms with E-state index in [1.54, 1.807) is 0 Å². The third kappa shape index (κ3) is 2.25. The van der Waals surface area contributed by atoms with Gasteiger partial charge in [-0.2, -0.15) is 0 Å². The molecule has 1 saturated carbocycles. The van der Waals surface area contributed by atoms with Gasteiger partial charge in [-0.1, -0.05) is 19.8 Å². The Balaban J connectivity index is 2.20. The molecule has 0 aromatic carbocycles. The third-order valence-electron chi connectivity index (χ3n) is 4.95. The minimum atomic E-state index is 0.256. The topological polar surface area (TPSA) is 38.5 Å². The van der Waals surface area contributed by atoms with Crippen LogP contribution in [-0.2, 0) is 4.74 Å². The third-order valence-corrected chi connectivity index (χ3v) is 4.95. The van der Waals surface area contributed by atoms with E-state index in [1.807, 2.05) is 0 Å². The summed E-state index contributed by atoms with van der Waals surface area (Å²) in [5, 5.41) is 0. The number of morpholine rings is 1. The summed E-state index contributed by atoms with van der Waals surface area (Å²) in [6.45, 7) is 9.50. The van der Waals surface area contributed by atoms with E-state index in [9.17, 15) is 0 Å². The van der Waals surface area contributed by atoms with E-state index < -0.39 is 0 Å². The lowest BCUT2D eigenvalue weighted by Crippen LogP contribution is -2.63. The molecule has 3 nitrogen and oxygen atoms in total. The second kappa shape index (κ2) is 5.25. The molecule has 1 saturated heterocycles. The van der Waals surface area contributed by atoms with Gasteiger partial charge in [0.05, 0.1) is 12.7 Å². The van der Waals surface area contributed by atoms with Gasteiger partial charge < -0.3 is 10.5 Å². The summed E-state index contributed by atoms with van der Waals surface area (Å²) in [4.78, 5) is 2.67. The molecule has 2 N–H and O–H groups in total. The van der Waals surface area contributed by atoms with Crippen molar-refractivity contribution < 1.29 is 4.74 Å². The predicted molar refractivity (Wildman–Crippen MR) is 71.0 cm³/mol. The van der Waals surface area contributed by atoms with E-state index in [2.05, 4.69) is 25.7 Å². The van der Waals surface area contributed by atoms with Gasteiger partial charge in [-0.15, -0.1) is 0 Å². The zero-order valence-electron chi connectivity index (χ0n) is 11.6. The maximum atomic E-state index is 6.19. The van der Waals surface area contributed by atoms with Gasteiger partial charge in [-0.3, -0.25) is 4.90 Å². The fourth-order valence-corrected chi connectivity index (χ4v) is 4.00. The lowest BCUT2D eigenvalue weighted by Gasteiger charge is -2.51. The Morgan fingerprint density at radius 1 is 1.41 bits per heavy atom. The highest BCUT2D eigenvalue weighted by Gasteiger charge is 2.48. The molecule has 1 aliphatic carbocycles. The van der Waals surface area contributed by atoms with E-state index in [1.165, 1.54) is 25.7 Å². The first-order valence-corrected chi connectivity index (χ1v) is 7.22. The quantitative estimate of drug-likeness (QED) is 0.820. The number of rotatable bonds is 3. The summed E-state index contributed by atoms with van der Waals surface area (Å²) in [7, 11) is 0. The monoisotopic (exact) mass is 240 g/mol. The smallest absolute Gasteiger partial charge is 0.0675 e. The van der Waals surface area contributed by atoms with Gasteiger partial charge in [0.1, 0.15) is 0 Å². The van der Waals surface area contributed by atoms with E-state index in [-0.39, 0.29) is 5.54 Å². The Labute approximate surface area is 106 Å². The van der Waals surface area contributed by atoms with E-state index in [0.29, 0.717) is 12.1 Å². The maximum absolute atomic E-state index is 6.19. The van der Waals surface area contributed by atoms with Gasteiger partial charge >= 0.3 is 0 Å². The van der Waals surface area contributed by atoms with Gasteiger partial charge in [-0.25, -0.2) is 0 Å². The van der Waals surface area contributed by atoms with Crippen LogP contribution in [0.2, 0.25) is 0 Å². The van der Waals surface area contributed by atoms with Crippen molar-refractivity contribution in [1.82, 2.24) is 4.90 Å². The Morgan fingerprint density at radius 3 is 2.82 bits per heavy atom. The molecule has 100 valence electrons.